The lowest BCUT2D eigenvalue weighted by Crippen LogP contribution is -2.47. The predicted octanol–water partition coefficient (Wildman–Crippen LogP) is 5.29. The Morgan fingerprint density at radius 1 is 1.24 bits per heavy atom. The second-order valence-corrected chi connectivity index (χ2v) is 10.1. The average molecular weight is 514 g/mol. The molecular weight excluding hydrogens is 482 g/mol. The summed E-state index contributed by atoms with van der Waals surface area (Å²) >= 11 is 0. The highest BCUT2D eigenvalue weighted by molar-refractivity contribution is 5.86. The number of rotatable bonds is 7. The average Bonchev–Trinajstić information content (AvgIpc) is 3.46. The molecule has 1 fully saturated rings. The fraction of sp³-hybridized carbons (Fsp3) is 0.464. The third-order valence-electron chi connectivity index (χ3n) is 7.46. The number of likely N-dealkylation sites (tertiary alicyclic amines) is 1. The minimum Gasteiger partial charge on any atom is -0.380 e. The molecule has 0 aliphatic carbocycles. The van der Waals surface area contributed by atoms with E-state index >= 15 is 0 Å². The summed E-state index contributed by atoms with van der Waals surface area (Å²) in [6.07, 6.45) is 4.91. The molecule has 0 radical (unpaired) electrons. The van der Waals surface area contributed by atoms with Crippen LogP contribution in [0.1, 0.15) is 48.3 Å². The topological polar surface area (TPSA) is 47.2 Å². The minimum absolute atomic E-state index is 0.231. The number of aromatic nitrogens is 2. The van der Waals surface area contributed by atoms with Crippen LogP contribution in [-0.2, 0) is 6.42 Å². The van der Waals surface area contributed by atoms with Crippen molar-refractivity contribution in [3.05, 3.63) is 59.0 Å². The van der Waals surface area contributed by atoms with Crippen LogP contribution in [-0.4, -0.2) is 70.9 Å². The standard InChI is InChI=1S/C28H31F4N5/c1-3-19-5-7-22-23-13-18(2)37(17-28(30,31)32)27(26(23)35-25(22)14-19)24-8-6-20(15-33-24)34-21-9-12-36(16-21)11-4-10-29/h1,5-8,14-15,18,21,27,34-35H,4,9-13,16-17H2,2H3/t18-,21?,27-/m1/s1. The van der Waals surface area contributed by atoms with E-state index in [4.69, 9.17) is 6.42 Å². The Hall–Kier alpha value is -3.09. The highest BCUT2D eigenvalue weighted by Gasteiger charge is 2.42. The van der Waals surface area contributed by atoms with Crippen molar-refractivity contribution >= 4 is 16.6 Å². The zero-order valence-electron chi connectivity index (χ0n) is 20.8. The maximum absolute atomic E-state index is 13.7. The summed E-state index contributed by atoms with van der Waals surface area (Å²) in [5, 5.41) is 4.45. The van der Waals surface area contributed by atoms with Gasteiger partial charge in [0.1, 0.15) is 0 Å². The van der Waals surface area contributed by atoms with Gasteiger partial charge in [-0.05, 0) is 56.0 Å². The zero-order chi connectivity index (χ0) is 26.2. The monoisotopic (exact) mass is 513 g/mol. The second-order valence-electron chi connectivity index (χ2n) is 10.1. The summed E-state index contributed by atoms with van der Waals surface area (Å²) in [4.78, 5) is 11.7. The molecule has 0 amide bonds. The molecule has 196 valence electrons. The van der Waals surface area contributed by atoms with E-state index in [-0.39, 0.29) is 18.8 Å². The van der Waals surface area contributed by atoms with Crippen molar-refractivity contribution in [1.29, 1.82) is 0 Å². The molecule has 1 unspecified atom stereocenters. The Morgan fingerprint density at radius 3 is 2.78 bits per heavy atom. The largest absolute Gasteiger partial charge is 0.401 e. The zero-order valence-corrected chi connectivity index (χ0v) is 20.8. The van der Waals surface area contributed by atoms with Crippen molar-refractivity contribution in [3.63, 3.8) is 0 Å². The molecule has 2 N–H and O–H groups in total. The van der Waals surface area contributed by atoms with Gasteiger partial charge in [0.15, 0.2) is 0 Å². The van der Waals surface area contributed by atoms with E-state index in [0.717, 1.165) is 53.9 Å². The van der Waals surface area contributed by atoms with Crippen molar-refractivity contribution in [2.45, 2.75) is 50.5 Å². The number of halogens is 4. The molecule has 3 aromatic rings. The summed E-state index contributed by atoms with van der Waals surface area (Å²) in [6, 6.07) is 8.60. The predicted molar refractivity (Wildman–Crippen MR) is 137 cm³/mol. The van der Waals surface area contributed by atoms with Crippen LogP contribution in [0, 0.1) is 12.3 Å². The number of aromatic amines is 1. The van der Waals surface area contributed by atoms with Gasteiger partial charge in [0.05, 0.1) is 36.8 Å². The van der Waals surface area contributed by atoms with Gasteiger partial charge in [0.2, 0.25) is 0 Å². The first-order valence-electron chi connectivity index (χ1n) is 12.7. The Bertz CT molecular complexity index is 1280. The number of terminal acetylenes is 1. The maximum Gasteiger partial charge on any atom is 0.401 e. The van der Waals surface area contributed by atoms with Crippen LogP contribution in [0.3, 0.4) is 0 Å². The SMILES string of the molecule is C#Cc1ccc2c3c([nH]c2c1)[C@@H](c1ccc(NC2CCN(CCCF)C2)cn1)N(CC(F)(F)F)[C@H](C)C3. The first-order valence-corrected chi connectivity index (χ1v) is 12.7. The molecule has 5 rings (SSSR count). The first kappa shape index (κ1) is 25.6. The van der Waals surface area contributed by atoms with Gasteiger partial charge in [-0.15, -0.1) is 6.42 Å². The number of fused-ring (bicyclic) bond motifs is 3. The van der Waals surface area contributed by atoms with Crippen LogP contribution in [0.2, 0.25) is 0 Å². The van der Waals surface area contributed by atoms with Crippen molar-refractivity contribution in [2.75, 3.05) is 38.2 Å². The number of nitrogens with one attached hydrogen (secondary N) is 2. The smallest absolute Gasteiger partial charge is 0.380 e. The van der Waals surface area contributed by atoms with Gasteiger partial charge in [-0.25, -0.2) is 0 Å². The Labute approximate surface area is 214 Å². The maximum atomic E-state index is 13.7. The van der Waals surface area contributed by atoms with Gasteiger partial charge < -0.3 is 15.2 Å². The van der Waals surface area contributed by atoms with Gasteiger partial charge in [-0.1, -0.05) is 12.0 Å². The number of anilines is 1. The summed E-state index contributed by atoms with van der Waals surface area (Å²) in [5.41, 5.74) is 4.66. The third kappa shape index (κ3) is 5.46. The quantitative estimate of drug-likeness (QED) is 0.333. The lowest BCUT2D eigenvalue weighted by atomic mass is 9.90. The molecule has 2 aliphatic rings. The normalized spacial score (nSPS) is 22.8. The number of hydrogen-bond donors (Lipinski definition) is 2. The molecule has 0 bridgehead atoms. The van der Waals surface area contributed by atoms with Crippen LogP contribution in [0.25, 0.3) is 10.9 Å². The molecule has 0 saturated carbocycles. The molecule has 1 saturated heterocycles. The van der Waals surface area contributed by atoms with Gasteiger partial charge in [0, 0.05) is 53.9 Å². The lowest BCUT2D eigenvalue weighted by Gasteiger charge is -2.40. The van der Waals surface area contributed by atoms with E-state index in [1.54, 1.807) is 6.20 Å². The van der Waals surface area contributed by atoms with Crippen LogP contribution in [0.4, 0.5) is 23.2 Å². The van der Waals surface area contributed by atoms with Gasteiger partial charge in [-0.3, -0.25) is 14.3 Å². The van der Waals surface area contributed by atoms with Crippen molar-refractivity contribution in [1.82, 2.24) is 19.8 Å². The Kier molecular flexibility index (Phi) is 7.15. The van der Waals surface area contributed by atoms with Crippen LogP contribution >= 0.6 is 0 Å². The Balaban J connectivity index is 1.44. The lowest BCUT2D eigenvalue weighted by molar-refractivity contribution is -0.155. The fourth-order valence-corrected chi connectivity index (χ4v) is 5.75. The summed E-state index contributed by atoms with van der Waals surface area (Å²) < 4.78 is 53.4. The number of alkyl halides is 4. The Morgan fingerprint density at radius 2 is 2.08 bits per heavy atom. The van der Waals surface area contributed by atoms with Crippen LogP contribution in [0.5, 0.6) is 0 Å². The molecule has 5 nitrogen and oxygen atoms in total. The number of benzene rings is 1. The van der Waals surface area contributed by atoms with E-state index < -0.39 is 18.8 Å². The molecule has 4 heterocycles. The van der Waals surface area contributed by atoms with E-state index in [1.807, 2.05) is 37.3 Å². The van der Waals surface area contributed by atoms with Crippen LogP contribution in [0.15, 0.2) is 36.5 Å². The molecule has 1 aromatic carbocycles. The fourth-order valence-electron chi connectivity index (χ4n) is 5.75. The highest BCUT2D eigenvalue weighted by Crippen LogP contribution is 2.41. The molecule has 9 heteroatoms. The minimum atomic E-state index is -4.34. The summed E-state index contributed by atoms with van der Waals surface area (Å²) in [5.74, 6) is 2.62. The summed E-state index contributed by atoms with van der Waals surface area (Å²) in [6.45, 7) is 2.99. The third-order valence-corrected chi connectivity index (χ3v) is 7.46. The molecule has 0 spiro atoms. The van der Waals surface area contributed by atoms with Gasteiger partial charge >= 0.3 is 6.18 Å². The number of pyridine rings is 1. The van der Waals surface area contributed by atoms with Crippen LogP contribution < -0.4 is 5.32 Å². The van der Waals surface area contributed by atoms with Crippen molar-refractivity contribution in [3.8, 4) is 12.3 Å². The summed E-state index contributed by atoms with van der Waals surface area (Å²) in [7, 11) is 0. The molecule has 2 aromatic heterocycles. The molecule has 2 aliphatic heterocycles. The van der Waals surface area contributed by atoms with Gasteiger partial charge in [0.25, 0.3) is 0 Å². The molecule has 37 heavy (non-hydrogen) atoms. The number of nitrogens with zero attached hydrogens (tertiary/aromatic N) is 3. The number of hydrogen-bond acceptors (Lipinski definition) is 4. The highest BCUT2D eigenvalue weighted by atomic mass is 19.4. The van der Waals surface area contributed by atoms with E-state index in [9.17, 15) is 17.6 Å². The van der Waals surface area contributed by atoms with Crippen molar-refractivity contribution in [2.24, 2.45) is 0 Å². The van der Waals surface area contributed by atoms with Crippen molar-refractivity contribution < 1.29 is 17.6 Å². The second kappa shape index (κ2) is 10.3. The first-order chi connectivity index (χ1) is 17.8. The number of H-pyrrole nitrogens is 1. The van der Waals surface area contributed by atoms with E-state index in [2.05, 4.69) is 26.1 Å². The van der Waals surface area contributed by atoms with Gasteiger partial charge in [-0.2, -0.15) is 13.2 Å². The van der Waals surface area contributed by atoms with E-state index in [1.165, 1.54) is 4.90 Å². The molecular formula is C28H31F4N5. The van der Waals surface area contributed by atoms with E-state index in [0.29, 0.717) is 24.1 Å². The molecule has 3 atom stereocenters.